The Morgan fingerprint density at radius 1 is 1.33 bits per heavy atom. The minimum atomic E-state index is -4.30. The largest absolute Gasteiger partial charge is 0.405 e. The van der Waals surface area contributed by atoms with Crippen LogP contribution in [-0.4, -0.2) is 29.2 Å². The maximum atomic E-state index is 12.7. The van der Waals surface area contributed by atoms with Gasteiger partial charge >= 0.3 is 6.18 Å². The van der Waals surface area contributed by atoms with E-state index in [1.54, 1.807) is 6.92 Å². The number of hydrogen-bond donors (Lipinski definition) is 2. The van der Waals surface area contributed by atoms with Gasteiger partial charge in [0.1, 0.15) is 17.2 Å². The number of hydrogen-bond acceptors (Lipinski definition) is 6. The van der Waals surface area contributed by atoms with Crippen molar-refractivity contribution >= 4 is 33.3 Å². The summed E-state index contributed by atoms with van der Waals surface area (Å²) in [6.07, 6.45) is -3.51. The van der Waals surface area contributed by atoms with Gasteiger partial charge in [0.15, 0.2) is 0 Å². The van der Waals surface area contributed by atoms with Gasteiger partial charge in [-0.15, -0.1) is 11.3 Å². The SMILES string of the molecule is CCc1cc2c(N(CC)CC(F)(F)F)nc(NN)nc2s1. The first-order valence-electron chi connectivity index (χ1n) is 6.46. The van der Waals surface area contributed by atoms with Crippen molar-refractivity contribution in [1.82, 2.24) is 9.97 Å². The molecule has 0 aliphatic carbocycles. The highest BCUT2D eigenvalue weighted by molar-refractivity contribution is 7.18. The van der Waals surface area contributed by atoms with Crippen LogP contribution in [0.15, 0.2) is 6.07 Å². The third kappa shape index (κ3) is 3.53. The number of nitrogens with zero attached hydrogens (tertiary/aromatic N) is 3. The lowest BCUT2D eigenvalue weighted by Crippen LogP contribution is -2.35. The van der Waals surface area contributed by atoms with Gasteiger partial charge in [-0.05, 0) is 19.4 Å². The molecule has 3 N–H and O–H groups in total. The molecule has 0 bridgehead atoms. The number of halogens is 3. The van der Waals surface area contributed by atoms with Crippen LogP contribution in [0.3, 0.4) is 0 Å². The van der Waals surface area contributed by atoms with Gasteiger partial charge in [-0.1, -0.05) is 6.92 Å². The molecule has 0 saturated carbocycles. The molecule has 2 aromatic heterocycles. The number of hydrazine groups is 1. The number of aryl methyl sites for hydroxylation is 1. The molecule has 0 saturated heterocycles. The Balaban J connectivity index is 2.55. The molecule has 5 nitrogen and oxygen atoms in total. The second-order valence-corrected chi connectivity index (χ2v) is 5.54. The van der Waals surface area contributed by atoms with E-state index < -0.39 is 12.7 Å². The number of nitrogen functional groups attached to an aromatic ring is 1. The van der Waals surface area contributed by atoms with E-state index in [4.69, 9.17) is 5.84 Å². The summed E-state index contributed by atoms with van der Waals surface area (Å²) in [5.74, 6) is 5.67. The zero-order chi connectivity index (χ0) is 15.6. The second kappa shape index (κ2) is 6.02. The first-order chi connectivity index (χ1) is 9.87. The molecular weight excluding hydrogens is 303 g/mol. The van der Waals surface area contributed by atoms with Crippen LogP contribution in [0.1, 0.15) is 18.7 Å². The molecule has 0 atom stereocenters. The summed E-state index contributed by atoms with van der Waals surface area (Å²) in [6, 6.07) is 1.84. The molecule has 2 rings (SSSR count). The van der Waals surface area contributed by atoms with E-state index in [0.29, 0.717) is 10.2 Å². The van der Waals surface area contributed by atoms with E-state index in [-0.39, 0.29) is 18.3 Å². The minimum Gasteiger partial charge on any atom is -0.347 e. The predicted molar refractivity (Wildman–Crippen MR) is 78.5 cm³/mol. The summed E-state index contributed by atoms with van der Waals surface area (Å²) in [5, 5.41) is 0.627. The summed E-state index contributed by atoms with van der Waals surface area (Å²) >= 11 is 1.43. The smallest absolute Gasteiger partial charge is 0.347 e. The first-order valence-corrected chi connectivity index (χ1v) is 7.28. The van der Waals surface area contributed by atoms with Crippen molar-refractivity contribution in [2.45, 2.75) is 26.4 Å². The van der Waals surface area contributed by atoms with E-state index in [9.17, 15) is 13.2 Å². The molecule has 0 aromatic carbocycles. The van der Waals surface area contributed by atoms with Gasteiger partial charge in [0, 0.05) is 11.4 Å². The fourth-order valence-corrected chi connectivity index (χ4v) is 2.95. The molecule has 0 radical (unpaired) electrons. The lowest BCUT2D eigenvalue weighted by Gasteiger charge is -2.24. The van der Waals surface area contributed by atoms with Gasteiger partial charge < -0.3 is 4.90 Å². The van der Waals surface area contributed by atoms with Crippen LogP contribution < -0.4 is 16.2 Å². The highest BCUT2D eigenvalue weighted by Gasteiger charge is 2.31. The summed E-state index contributed by atoms with van der Waals surface area (Å²) in [7, 11) is 0. The lowest BCUT2D eigenvalue weighted by molar-refractivity contribution is -0.119. The number of aromatic nitrogens is 2. The molecular formula is C12H16F3N5S. The van der Waals surface area contributed by atoms with E-state index in [0.717, 1.165) is 11.3 Å². The predicted octanol–water partition coefficient (Wildman–Crippen LogP) is 2.93. The Labute approximate surface area is 123 Å². The minimum absolute atomic E-state index is 0.114. The number of nitrogens with two attached hydrogens (primary N) is 1. The Hall–Kier alpha value is -1.61. The Morgan fingerprint density at radius 3 is 2.57 bits per heavy atom. The van der Waals surface area contributed by atoms with E-state index in [1.807, 2.05) is 13.0 Å². The molecule has 0 unspecified atom stereocenters. The quantitative estimate of drug-likeness (QED) is 0.655. The van der Waals surface area contributed by atoms with E-state index >= 15 is 0 Å². The number of rotatable bonds is 5. The summed E-state index contributed by atoms with van der Waals surface area (Å²) < 4.78 is 38.1. The average Bonchev–Trinajstić information content (AvgIpc) is 2.85. The van der Waals surface area contributed by atoms with Crippen molar-refractivity contribution in [3.63, 3.8) is 0 Å². The molecule has 0 aliphatic heterocycles. The Bertz CT molecular complexity index is 625. The maximum absolute atomic E-state index is 12.7. The van der Waals surface area contributed by atoms with Crippen molar-refractivity contribution < 1.29 is 13.2 Å². The molecule has 0 spiro atoms. The average molecular weight is 319 g/mol. The molecule has 2 heterocycles. The standard InChI is InChI=1S/C12H16F3N5S/c1-3-7-5-8-9(20(4-2)6-12(13,14)15)17-11(19-16)18-10(8)21-7/h5H,3-4,6,16H2,1-2H3,(H,17,18,19). The maximum Gasteiger partial charge on any atom is 0.405 e. The molecule has 116 valence electrons. The van der Waals surface area contributed by atoms with Crippen LogP contribution in [0.25, 0.3) is 10.2 Å². The van der Waals surface area contributed by atoms with Crippen LogP contribution in [0.5, 0.6) is 0 Å². The number of alkyl halides is 3. The summed E-state index contributed by atoms with van der Waals surface area (Å²) in [6.45, 7) is 2.76. The van der Waals surface area contributed by atoms with Crippen molar-refractivity contribution in [3.05, 3.63) is 10.9 Å². The van der Waals surface area contributed by atoms with Gasteiger partial charge in [0.2, 0.25) is 5.95 Å². The number of thiophene rings is 1. The van der Waals surface area contributed by atoms with Crippen molar-refractivity contribution in [3.8, 4) is 0 Å². The van der Waals surface area contributed by atoms with E-state index in [1.165, 1.54) is 16.2 Å². The summed E-state index contributed by atoms with van der Waals surface area (Å²) in [5.41, 5.74) is 2.31. The third-order valence-corrected chi connectivity index (χ3v) is 4.13. The molecule has 2 aromatic rings. The van der Waals surface area contributed by atoms with Crippen LogP contribution in [0.2, 0.25) is 0 Å². The number of fused-ring (bicyclic) bond motifs is 1. The second-order valence-electron chi connectivity index (χ2n) is 4.43. The van der Waals surface area contributed by atoms with E-state index in [2.05, 4.69) is 15.4 Å². The zero-order valence-electron chi connectivity index (χ0n) is 11.7. The third-order valence-electron chi connectivity index (χ3n) is 2.95. The molecule has 21 heavy (non-hydrogen) atoms. The van der Waals surface area contributed by atoms with Crippen molar-refractivity contribution in [2.75, 3.05) is 23.4 Å². The van der Waals surface area contributed by atoms with Crippen LogP contribution in [0, 0.1) is 0 Å². The van der Waals surface area contributed by atoms with Crippen LogP contribution in [0.4, 0.5) is 24.9 Å². The fourth-order valence-electron chi connectivity index (χ4n) is 1.99. The Morgan fingerprint density at radius 2 is 2.05 bits per heavy atom. The lowest BCUT2D eigenvalue weighted by atomic mass is 10.3. The molecule has 0 amide bonds. The van der Waals surface area contributed by atoms with Crippen LogP contribution in [-0.2, 0) is 6.42 Å². The fraction of sp³-hybridized carbons (Fsp3) is 0.500. The molecule has 0 fully saturated rings. The van der Waals surface area contributed by atoms with Gasteiger partial charge in [0.25, 0.3) is 0 Å². The van der Waals surface area contributed by atoms with Gasteiger partial charge in [-0.2, -0.15) is 18.2 Å². The molecule has 9 heteroatoms. The van der Waals surface area contributed by atoms with Crippen molar-refractivity contribution in [2.24, 2.45) is 5.84 Å². The van der Waals surface area contributed by atoms with Crippen LogP contribution >= 0.6 is 11.3 Å². The topological polar surface area (TPSA) is 67.1 Å². The zero-order valence-corrected chi connectivity index (χ0v) is 12.5. The first kappa shape index (κ1) is 15.8. The monoisotopic (exact) mass is 319 g/mol. The van der Waals surface area contributed by atoms with Gasteiger partial charge in [0.05, 0.1) is 5.39 Å². The Kier molecular flexibility index (Phi) is 4.52. The van der Waals surface area contributed by atoms with Gasteiger partial charge in [-0.3, -0.25) is 5.43 Å². The number of anilines is 2. The highest BCUT2D eigenvalue weighted by atomic mass is 32.1. The summed E-state index contributed by atoms with van der Waals surface area (Å²) in [4.78, 5) is 11.2. The molecule has 0 aliphatic rings. The van der Waals surface area contributed by atoms with Crippen molar-refractivity contribution in [1.29, 1.82) is 0 Å². The van der Waals surface area contributed by atoms with Gasteiger partial charge in [-0.25, -0.2) is 10.8 Å². The number of nitrogens with one attached hydrogen (secondary N) is 1. The normalized spacial score (nSPS) is 11.9. The highest BCUT2D eigenvalue weighted by Crippen LogP contribution is 2.33.